The van der Waals surface area contributed by atoms with E-state index in [2.05, 4.69) is 28.9 Å². The lowest BCUT2D eigenvalue weighted by molar-refractivity contribution is -0.127. The minimum atomic E-state index is -0.209. The highest BCUT2D eigenvalue weighted by molar-refractivity contribution is 5.83. The van der Waals surface area contributed by atoms with Gasteiger partial charge in [-0.1, -0.05) is 73.2 Å². The van der Waals surface area contributed by atoms with E-state index < -0.39 is 0 Å². The first-order valence-electron chi connectivity index (χ1n) is 9.53. The Morgan fingerprint density at radius 2 is 1.62 bits per heavy atom. The third-order valence-corrected chi connectivity index (χ3v) is 5.14. The van der Waals surface area contributed by atoms with Crippen molar-refractivity contribution in [3.05, 3.63) is 84.4 Å². The van der Waals surface area contributed by atoms with Crippen LogP contribution in [0.3, 0.4) is 0 Å². The van der Waals surface area contributed by atoms with Gasteiger partial charge >= 0.3 is 0 Å². The summed E-state index contributed by atoms with van der Waals surface area (Å²) in [5.74, 6) is 0.0783. The van der Waals surface area contributed by atoms with E-state index in [4.69, 9.17) is 0 Å². The number of likely N-dealkylation sites (tertiary alicyclic amines) is 1. The molecule has 1 N–H and O–H groups in total. The van der Waals surface area contributed by atoms with Crippen LogP contribution in [0.25, 0.3) is 0 Å². The summed E-state index contributed by atoms with van der Waals surface area (Å²) >= 11 is 0. The molecule has 1 aliphatic heterocycles. The minimum Gasteiger partial charge on any atom is -0.351 e. The number of carbonyl (C=O) groups excluding carboxylic acids is 1. The fraction of sp³-hybridized carbons (Fsp3) is 0.348. The molecule has 1 fully saturated rings. The van der Waals surface area contributed by atoms with E-state index in [0.717, 1.165) is 37.1 Å². The smallest absolute Gasteiger partial charge is 0.238 e. The Bertz CT molecular complexity index is 693. The van der Waals surface area contributed by atoms with Crippen LogP contribution < -0.4 is 5.32 Å². The van der Waals surface area contributed by atoms with E-state index in [-0.39, 0.29) is 17.9 Å². The maximum atomic E-state index is 13.2. The van der Waals surface area contributed by atoms with Crippen LogP contribution in [0.1, 0.15) is 36.3 Å². The van der Waals surface area contributed by atoms with Crippen LogP contribution in [-0.4, -0.2) is 29.9 Å². The van der Waals surface area contributed by atoms with Gasteiger partial charge in [0, 0.05) is 12.5 Å². The van der Waals surface area contributed by atoms with Crippen molar-refractivity contribution in [2.45, 2.75) is 37.8 Å². The first kappa shape index (κ1) is 18.4. The normalized spacial score (nSPS) is 17.2. The second kappa shape index (κ2) is 9.35. The summed E-state index contributed by atoms with van der Waals surface area (Å²) in [7, 11) is 0. The predicted molar refractivity (Wildman–Crippen MR) is 107 cm³/mol. The van der Waals surface area contributed by atoms with E-state index in [0.29, 0.717) is 6.54 Å². The molecule has 136 valence electrons. The van der Waals surface area contributed by atoms with Gasteiger partial charge in [-0.3, -0.25) is 9.69 Å². The largest absolute Gasteiger partial charge is 0.351 e. The maximum Gasteiger partial charge on any atom is 0.238 e. The van der Waals surface area contributed by atoms with Crippen LogP contribution in [-0.2, 0) is 11.3 Å². The molecular weight excluding hydrogens is 320 g/mol. The zero-order valence-electron chi connectivity index (χ0n) is 15.3. The molecule has 0 aromatic heterocycles. The number of nitrogens with one attached hydrogen (secondary N) is 1. The summed E-state index contributed by atoms with van der Waals surface area (Å²) in [5, 5.41) is 3.15. The SMILES string of the molecule is C=C[C@H](c1ccccc1)[C@@H](C(=O)NCc1ccccc1)N1CCCCC1. The van der Waals surface area contributed by atoms with Crippen LogP contribution in [0, 0.1) is 0 Å². The molecule has 0 saturated carbocycles. The lowest BCUT2D eigenvalue weighted by Gasteiger charge is -2.37. The van der Waals surface area contributed by atoms with Gasteiger partial charge < -0.3 is 5.32 Å². The van der Waals surface area contributed by atoms with Crippen LogP contribution in [0.2, 0.25) is 0 Å². The highest BCUT2D eigenvalue weighted by atomic mass is 16.2. The molecule has 2 atom stereocenters. The van der Waals surface area contributed by atoms with E-state index in [1.165, 1.54) is 6.42 Å². The molecule has 3 nitrogen and oxygen atoms in total. The van der Waals surface area contributed by atoms with Crippen molar-refractivity contribution in [2.75, 3.05) is 13.1 Å². The molecule has 3 rings (SSSR count). The Hall–Kier alpha value is -2.39. The average molecular weight is 348 g/mol. The Morgan fingerprint density at radius 3 is 2.23 bits per heavy atom. The van der Waals surface area contributed by atoms with Crippen molar-refractivity contribution in [1.29, 1.82) is 0 Å². The zero-order chi connectivity index (χ0) is 18.2. The number of amides is 1. The molecule has 2 aromatic rings. The number of rotatable bonds is 7. The van der Waals surface area contributed by atoms with Crippen LogP contribution in [0.4, 0.5) is 0 Å². The monoisotopic (exact) mass is 348 g/mol. The number of benzene rings is 2. The number of piperidine rings is 1. The lowest BCUT2D eigenvalue weighted by atomic mass is 9.88. The van der Waals surface area contributed by atoms with E-state index in [1.807, 2.05) is 54.6 Å². The number of carbonyl (C=O) groups is 1. The van der Waals surface area contributed by atoms with Crippen molar-refractivity contribution in [1.82, 2.24) is 10.2 Å². The summed E-state index contributed by atoms with van der Waals surface area (Å²) < 4.78 is 0. The summed E-state index contributed by atoms with van der Waals surface area (Å²) in [4.78, 5) is 15.5. The topological polar surface area (TPSA) is 32.3 Å². The van der Waals surface area contributed by atoms with Crippen molar-refractivity contribution >= 4 is 5.91 Å². The van der Waals surface area contributed by atoms with Gasteiger partial charge in [0.2, 0.25) is 5.91 Å². The van der Waals surface area contributed by atoms with Crippen LogP contribution in [0.15, 0.2) is 73.3 Å². The van der Waals surface area contributed by atoms with Crippen molar-refractivity contribution in [3.8, 4) is 0 Å². The van der Waals surface area contributed by atoms with Gasteiger partial charge in [0.25, 0.3) is 0 Å². The van der Waals surface area contributed by atoms with Gasteiger partial charge in [0.05, 0.1) is 6.04 Å². The van der Waals surface area contributed by atoms with Crippen LogP contribution in [0.5, 0.6) is 0 Å². The lowest BCUT2D eigenvalue weighted by Crippen LogP contribution is -2.51. The Labute approximate surface area is 156 Å². The fourth-order valence-electron chi connectivity index (χ4n) is 3.76. The first-order chi connectivity index (χ1) is 12.8. The Kier molecular flexibility index (Phi) is 6.62. The van der Waals surface area contributed by atoms with Crippen LogP contribution >= 0.6 is 0 Å². The molecular formula is C23H28N2O. The molecule has 1 saturated heterocycles. The molecule has 1 amide bonds. The predicted octanol–water partition coefficient (Wildman–Crippen LogP) is 4.13. The highest BCUT2D eigenvalue weighted by Gasteiger charge is 2.33. The Balaban J connectivity index is 1.79. The van der Waals surface area contributed by atoms with Gasteiger partial charge in [-0.2, -0.15) is 0 Å². The van der Waals surface area contributed by atoms with E-state index >= 15 is 0 Å². The second-order valence-electron chi connectivity index (χ2n) is 6.92. The molecule has 0 unspecified atom stereocenters. The average Bonchev–Trinajstić information content (AvgIpc) is 2.72. The molecule has 0 bridgehead atoms. The van der Waals surface area contributed by atoms with Gasteiger partial charge in [0.1, 0.15) is 0 Å². The second-order valence-corrected chi connectivity index (χ2v) is 6.92. The third-order valence-electron chi connectivity index (χ3n) is 5.14. The zero-order valence-corrected chi connectivity index (χ0v) is 15.3. The number of hydrogen-bond acceptors (Lipinski definition) is 2. The minimum absolute atomic E-state index is 0.00919. The summed E-state index contributed by atoms with van der Waals surface area (Å²) in [5.41, 5.74) is 2.26. The summed E-state index contributed by atoms with van der Waals surface area (Å²) in [6.45, 7) is 6.55. The fourth-order valence-corrected chi connectivity index (χ4v) is 3.76. The maximum absolute atomic E-state index is 13.2. The Morgan fingerprint density at radius 1 is 1.00 bits per heavy atom. The molecule has 1 aliphatic rings. The quantitative estimate of drug-likeness (QED) is 0.763. The molecule has 2 aromatic carbocycles. The van der Waals surface area contributed by atoms with Gasteiger partial charge in [-0.15, -0.1) is 6.58 Å². The van der Waals surface area contributed by atoms with Crippen molar-refractivity contribution < 1.29 is 4.79 Å². The molecule has 3 heteroatoms. The summed E-state index contributed by atoms with van der Waals surface area (Å²) in [6, 6.07) is 20.1. The first-order valence-corrected chi connectivity index (χ1v) is 9.53. The van der Waals surface area contributed by atoms with Gasteiger partial charge in [0.15, 0.2) is 0 Å². The van der Waals surface area contributed by atoms with E-state index in [9.17, 15) is 4.79 Å². The number of nitrogens with zero attached hydrogens (tertiary/aromatic N) is 1. The number of hydrogen-bond donors (Lipinski definition) is 1. The molecule has 1 heterocycles. The third kappa shape index (κ3) is 4.61. The molecule has 0 radical (unpaired) electrons. The van der Waals surface area contributed by atoms with Gasteiger partial charge in [-0.05, 0) is 37.1 Å². The molecule has 0 aliphatic carbocycles. The van der Waals surface area contributed by atoms with E-state index in [1.54, 1.807) is 0 Å². The summed E-state index contributed by atoms with van der Waals surface area (Å²) in [6.07, 6.45) is 5.48. The molecule has 0 spiro atoms. The highest BCUT2D eigenvalue weighted by Crippen LogP contribution is 2.27. The molecule has 26 heavy (non-hydrogen) atoms. The van der Waals surface area contributed by atoms with Gasteiger partial charge in [-0.25, -0.2) is 0 Å². The standard InChI is InChI=1S/C23H28N2O/c1-2-21(20-14-8-4-9-15-20)22(25-16-10-5-11-17-25)23(26)24-18-19-12-6-3-7-13-19/h2-4,6-9,12-15,21-22H,1,5,10-11,16-18H2,(H,24,26)/t21-,22+/m1/s1. The van der Waals surface area contributed by atoms with Crippen molar-refractivity contribution in [3.63, 3.8) is 0 Å². The van der Waals surface area contributed by atoms with Crippen molar-refractivity contribution in [2.24, 2.45) is 0 Å².